The van der Waals surface area contributed by atoms with Gasteiger partial charge in [0.15, 0.2) is 0 Å². The smallest absolute Gasteiger partial charge is 0.408 e. The van der Waals surface area contributed by atoms with E-state index in [2.05, 4.69) is 15.8 Å². The van der Waals surface area contributed by atoms with Crippen LogP contribution in [0.4, 0.5) is 4.79 Å². The molecule has 4 aromatic rings. The number of ether oxygens (including phenoxy) is 1. The molecule has 0 spiro atoms. The molecule has 39 heavy (non-hydrogen) atoms. The molecule has 1 aliphatic rings. The Balaban J connectivity index is 1.41. The fraction of sp³-hybridized carbons (Fsp3) is 0.310. The number of fused-ring (bicyclic) bond motifs is 3. The summed E-state index contributed by atoms with van der Waals surface area (Å²) in [5.74, 6) is 0.0178. The van der Waals surface area contributed by atoms with Crippen LogP contribution in [0.5, 0.6) is 0 Å². The quantitative estimate of drug-likeness (QED) is 0.325. The van der Waals surface area contributed by atoms with Crippen molar-refractivity contribution in [2.75, 3.05) is 0 Å². The predicted octanol–water partition coefficient (Wildman–Crippen LogP) is 5.36. The average molecular weight is 549 g/mol. The summed E-state index contributed by atoms with van der Waals surface area (Å²) in [5, 5.41) is 11.3. The van der Waals surface area contributed by atoms with Gasteiger partial charge in [-0.1, -0.05) is 65.3 Å². The first-order valence-electron chi connectivity index (χ1n) is 12.7. The Labute approximate surface area is 229 Å². The standard InChI is InChI=1S/C29H29ClN4O5/c1-16-22-25(33-39-16)23-20(30)11-8-12-21(23)34(27(22)36)19-14-13-18(15-19)31-26(35)24(17-9-6-5-7-10-17)32-28(37)38-29(2,3)4/h5-14,18-19,24H,15H2,1-4H3,(H,31,35)(H,32,37). The number of allylic oxidation sites excluding steroid dienone is 1. The van der Waals surface area contributed by atoms with Crippen molar-refractivity contribution < 1.29 is 18.8 Å². The molecule has 2 aromatic heterocycles. The summed E-state index contributed by atoms with van der Waals surface area (Å²) in [4.78, 5) is 39.6. The van der Waals surface area contributed by atoms with Crippen LogP contribution in [-0.4, -0.2) is 33.4 Å². The molecule has 3 atom stereocenters. The SMILES string of the molecule is Cc1onc2c1c(=O)n(C1C=CC(NC(=O)C(NC(=O)OC(C)(C)C)c3ccccc3)C1)c1cccc(Cl)c21. The van der Waals surface area contributed by atoms with Crippen LogP contribution in [0, 0.1) is 6.92 Å². The molecule has 0 saturated heterocycles. The number of carbonyl (C=O) groups is 2. The van der Waals surface area contributed by atoms with E-state index in [4.69, 9.17) is 20.9 Å². The Kier molecular flexibility index (Phi) is 6.94. The Morgan fingerprint density at radius 1 is 1.10 bits per heavy atom. The van der Waals surface area contributed by atoms with E-state index in [0.717, 1.165) is 0 Å². The van der Waals surface area contributed by atoms with Gasteiger partial charge in [0.05, 0.1) is 16.6 Å². The Hall–Kier alpha value is -4.11. The molecule has 3 unspecified atom stereocenters. The summed E-state index contributed by atoms with van der Waals surface area (Å²) in [6, 6.07) is 12.6. The van der Waals surface area contributed by atoms with E-state index in [0.29, 0.717) is 44.6 Å². The Morgan fingerprint density at radius 2 is 1.85 bits per heavy atom. The van der Waals surface area contributed by atoms with Gasteiger partial charge in [-0.15, -0.1) is 0 Å². The van der Waals surface area contributed by atoms with Crippen LogP contribution in [0.2, 0.25) is 5.02 Å². The minimum absolute atomic E-state index is 0.242. The van der Waals surface area contributed by atoms with Gasteiger partial charge < -0.3 is 24.5 Å². The van der Waals surface area contributed by atoms with E-state index in [1.54, 1.807) is 68.7 Å². The zero-order valence-corrected chi connectivity index (χ0v) is 22.8. The first-order chi connectivity index (χ1) is 18.5. The summed E-state index contributed by atoms with van der Waals surface area (Å²) in [7, 11) is 0. The lowest BCUT2D eigenvalue weighted by Crippen LogP contribution is -2.45. The number of pyridine rings is 1. The zero-order valence-electron chi connectivity index (χ0n) is 22.0. The lowest BCUT2D eigenvalue weighted by molar-refractivity contribution is -0.123. The Bertz CT molecular complexity index is 1650. The highest BCUT2D eigenvalue weighted by atomic mass is 35.5. The molecule has 2 amide bonds. The number of halogens is 1. The van der Waals surface area contributed by atoms with Crippen LogP contribution < -0.4 is 16.2 Å². The van der Waals surface area contributed by atoms with Crippen LogP contribution in [0.15, 0.2) is 70.0 Å². The van der Waals surface area contributed by atoms with Crippen LogP contribution in [0.3, 0.4) is 0 Å². The number of nitrogens with one attached hydrogen (secondary N) is 2. The molecule has 0 bridgehead atoms. The maximum Gasteiger partial charge on any atom is 0.408 e. The first-order valence-corrected chi connectivity index (χ1v) is 13.0. The van der Waals surface area contributed by atoms with Crippen molar-refractivity contribution in [1.29, 1.82) is 0 Å². The zero-order chi connectivity index (χ0) is 27.9. The molecule has 2 aromatic carbocycles. The molecule has 0 aliphatic heterocycles. The van der Waals surface area contributed by atoms with E-state index in [-0.39, 0.29) is 17.6 Å². The lowest BCUT2D eigenvalue weighted by Gasteiger charge is -2.25. The van der Waals surface area contributed by atoms with E-state index in [1.807, 2.05) is 24.3 Å². The van der Waals surface area contributed by atoms with Gasteiger partial charge in [0.1, 0.15) is 28.3 Å². The molecular formula is C29H29ClN4O5. The van der Waals surface area contributed by atoms with Crippen molar-refractivity contribution in [3.05, 3.63) is 87.4 Å². The number of aromatic nitrogens is 2. The maximum absolute atomic E-state index is 13.6. The fourth-order valence-electron chi connectivity index (χ4n) is 4.92. The molecule has 9 nitrogen and oxygen atoms in total. The number of aryl methyl sites for hydroxylation is 1. The van der Waals surface area contributed by atoms with E-state index < -0.39 is 23.6 Å². The topological polar surface area (TPSA) is 115 Å². The second-order valence-electron chi connectivity index (χ2n) is 10.6. The summed E-state index contributed by atoms with van der Waals surface area (Å²) in [6.07, 6.45) is 3.47. The molecule has 0 saturated carbocycles. The number of hydrogen-bond acceptors (Lipinski definition) is 6. The average Bonchev–Trinajstić information content (AvgIpc) is 3.49. The summed E-state index contributed by atoms with van der Waals surface area (Å²) >= 11 is 6.53. The van der Waals surface area contributed by atoms with Crippen LogP contribution in [0.1, 0.15) is 50.6 Å². The normalized spacial score (nSPS) is 17.9. The number of carbonyl (C=O) groups excluding carboxylic acids is 2. The number of alkyl carbamates (subject to hydrolysis) is 1. The molecule has 0 fully saturated rings. The monoisotopic (exact) mass is 548 g/mol. The number of hydrogen-bond donors (Lipinski definition) is 2. The van der Waals surface area contributed by atoms with Gasteiger partial charge in [-0.3, -0.25) is 9.59 Å². The van der Waals surface area contributed by atoms with E-state index in [1.165, 1.54) is 0 Å². The van der Waals surface area contributed by atoms with Crippen molar-refractivity contribution >= 4 is 45.4 Å². The largest absolute Gasteiger partial charge is 0.444 e. The number of amides is 2. The van der Waals surface area contributed by atoms with E-state index >= 15 is 0 Å². The van der Waals surface area contributed by atoms with Crippen molar-refractivity contribution in [2.45, 2.75) is 57.8 Å². The summed E-state index contributed by atoms with van der Waals surface area (Å²) in [6.45, 7) is 6.96. The summed E-state index contributed by atoms with van der Waals surface area (Å²) < 4.78 is 12.4. The molecule has 0 radical (unpaired) electrons. The van der Waals surface area contributed by atoms with Gasteiger partial charge in [-0.25, -0.2) is 4.79 Å². The van der Waals surface area contributed by atoms with Crippen molar-refractivity contribution in [3.63, 3.8) is 0 Å². The highest BCUT2D eigenvalue weighted by Crippen LogP contribution is 2.34. The second-order valence-corrected chi connectivity index (χ2v) is 11.0. The highest BCUT2D eigenvalue weighted by molar-refractivity contribution is 6.37. The van der Waals surface area contributed by atoms with Crippen LogP contribution in [-0.2, 0) is 9.53 Å². The highest BCUT2D eigenvalue weighted by Gasteiger charge is 2.31. The molecule has 5 rings (SSSR count). The lowest BCUT2D eigenvalue weighted by atomic mass is 10.1. The third-order valence-corrected chi connectivity index (χ3v) is 6.87. The van der Waals surface area contributed by atoms with Gasteiger partial charge in [0.2, 0.25) is 5.91 Å². The number of nitrogens with zero attached hydrogens (tertiary/aromatic N) is 2. The molecule has 1 aliphatic carbocycles. The number of rotatable bonds is 5. The molecular weight excluding hydrogens is 520 g/mol. The van der Waals surface area contributed by atoms with E-state index in [9.17, 15) is 14.4 Å². The van der Waals surface area contributed by atoms with Gasteiger partial charge in [-0.2, -0.15) is 0 Å². The van der Waals surface area contributed by atoms with Crippen molar-refractivity contribution in [3.8, 4) is 0 Å². The van der Waals surface area contributed by atoms with Crippen molar-refractivity contribution in [1.82, 2.24) is 20.4 Å². The van der Waals surface area contributed by atoms with Gasteiger partial charge in [0.25, 0.3) is 5.56 Å². The minimum atomic E-state index is -0.966. The molecule has 2 N–H and O–H groups in total. The minimum Gasteiger partial charge on any atom is -0.444 e. The van der Waals surface area contributed by atoms with Gasteiger partial charge >= 0.3 is 6.09 Å². The van der Waals surface area contributed by atoms with Crippen LogP contribution in [0.25, 0.3) is 21.8 Å². The third-order valence-electron chi connectivity index (χ3n) is 6.56. The second kappa shape index (κ2) is 10.2. The third kappa shape index (κ3) is 5.27. The van der Waals surface area contributed by atoms with Crippen LogP contribution >= 0.6 is 11.6 Å². The van der Waals surface area contributed by atoms with Gasteiger partial charge in [-0.05, 0) is 51.8 Å². The predicted molar refractivity (Wildman–Crippen MR) is 149 cm³/mol. The molecule has 10 heteroatoms. The Morgan fingerprint density at radius 3 is 2.56 bits per heavy atom. The number of benzene rings is 2. The molecule has 2 heterocycles. The van der Waals surface area contributed by atoms with Crippen molar-refractivity contribution in [2.24, 2.45) is 0 Å². The molecule has 202 valence electrons. The summed E-state index contributed by atoms with van der Waals surface area (Å²) in [5.41, 5.74) is 0.717. The maximum atomic E-state index is 13.6. The first kappa shape index (κ1) is 26.5. The van der Waals surface area contributed by atoms with Gasteiger partial charge in [0, 0.05) is 11.4 Å². The fourth-order valence-corrected chi connectivity index (χ4v) is 5.18.